The zero-order valence-corrected chi connectivity index (χ0v) is 16.5. The van der Waals surface area contributed by atoms with Gasteiger partial charge in [0.1, 0.15) is 5.75 Å². The highest BCUT2D eigenvalue weighted by atomic mass is 32.1. The maximum atomic E-state index is 11.9. The van der Waals surface area contributed by atoms with E-state index in [1.54, 1.807) is 37.4 Å². The van der Waals surface area contributed by atoms with Crippen LogP contribution in [0.4, 0.5) is 0 Å². The number of aryl methyl sites for hydroxylation is 1. The molecule has 2 N–H and O–H groups in total. The van der Waals surface area contributed by atoms with Gasteiger partial charge in [0.2, 0.25) is 5.91 Å². The first-order valence-electron chi connectivity index (χ1n) is 8.38. The summed E-state index contributed by atoms with van der Waals surface area (Å²) >= 11 is 1.68. The van der Waals surface area contributed by atoms with Gasteiger partial charge in [-0.1, -0.05) is 18.2 Å². The molecule has 0 radical (unpaired) electrons. The SMILES string of the molecule is COc1cc(C)ccc1CN=C(NCC(=O)N(C)C)NCc1cccs1. The molecule has 140 valence electrons. The van der Waals surface area contributed by atoms with Gasteiger partial charge in [-0.05, 0) is 30.0 Å². The molecule has 7 heteroatoms. The number of likely N-dealkylation sites (N-methyl/N-ethyl adjacent to an activating group) is 1. The number of hydrogen-bond acceptors (Lipinski definition) is 4. The van der Waals surface area contributed by atoms with Crippen molar-refractivity contribution >= 4 is 23.2 Å². The lowest BCUT2D eigenvalue weighted by molar-refractivity contribution is -0.127. The highest BCUT2D eigenvalue weighted by Crippen LogP contribution is 2.20. The van der Waals surface area contributed by atoms with E-state index in [0.717, 1.165) is 16.9 Å². The Morgan fingerprint density at radius 1 is 1.27 bits per heavy atom. The summed E-state index contributed by atoms with van der Waals surface area (Å²) in [6.45, 7) is 3.33. The van der Waals surface area contributed by atoms with Gasteiger partial charge in [-0.25, -0.2) is 4.99 Å². The van der Waals surface area contributed by atoms with Crippen molar-refractivity contribution in [3.05, 3.63) is 51.7 Å². The van der Waals surface area contributed by atoms with Gasteiger partial charge in [0.05, 0.1) is 26.7 Å². The van der Waals surface area contributed by atoms with Crippen molar-refractivity contribution in [2.45, 2.75) is 20.0 Å². The third kappa shape index (κ3) is 6.07. The first kappa shape index (κ1) is 19.8. The number of nitrogens with one attached hydrogen (secondary N) is 2. The van der Waals surface area contributed by atoms with E-state index in [-0.39, 0.29) is 12.5 Å². The van der Waals surface area contributed by atoms with Crippen LogP contribution in [0.5, 0.6) is 5.75 Å². The molecule has 0 aliphatic heterocycles. The molecule has 0 aliphatic carbocycles. The fourth-order valence-corrected chi connectivity index (χ4v) is 2.87. The molecule has 0 aliphatic rings. The van der Waals surface area contributed by atoms with Crippen molar-refractivity contribution in [3.63, 3.8) is 0 Å². The molecule has 2 rings (SSSR count). The molecular formula is C19H26N4O2S. The number of ether oxygens (including phenoxy) is 1. The Labute approximate surface area is 158 Å². The summed E-state index contributed by atoms with van der Waals surface area (Å²) in [6.07, 6.45) is 0. The van der Waals surface area contributed by atoms with Crippen molar-refractivity contribution in [2.75, 3.05) is 27.7 Å². The number of amides is 1. The van der Waals surface area contributed by atoms with E-state index < -0.39 is 0 Å². The second-order valence-electron chi connectivity index (χ2n) is 6.05. The third-order valence-electron chi connectivity index (χ3n) is 3.77. The molecule has 1 aromatic carbocycles. The predicted octanol–water partition coefficient (Wildman–Crippen LogP) is 2.39. The number of carbonyl (C=O) groups excluding carboxylic acids is 1. The largest absolute Gasteiger partial charge is 0.496 e. The number of nitrogens with zero attached hydrogens (tertiary/aromatic N) is 2. The molecule has 0 saturated heterocycles. The van der Waals surface area contributed by atoms with Gasteiger partial charge < -0.3 is 20.3 Å². The molecule has 0 saturated carbocycles. The fourth-order valence-electron chi connectivity index (χ4n) is 2.22. The molecule has 0 spiro atoms. The summed E-state index contributed by atoms with van der Waals surface area (Å²) in [5, 5.41) is 8.40. The highest BCUT2D eigenvalue weighted by molar-refractivity contribution is 7.09. The van der Waals surface area contributed by atoms with Crippen LogP contribution in [0.3, 0.4) is 0 Å². The van der Waals surface area contributed by atoms with Crippen molar-refractivity contribution in [1.82, 2.24) is 15.5 Å². The number of aliphatic imine (C=N–C) groups is 1. The first-order valence-corrected chi connectivity index (χ1v) is 9.25. The molecule has 1 heterocycles. The standard InChI is InChI=1S/C19H26N4O2S/c1-14-7-8-15(17(10-14)25-4)11-20-19(22-13-18(24)23(2)3)21-12-16-6-5-9-26-16/h5-10H,11-13H2,1-4H3,(H2,20,21,22). The highest BCUT2D eigenvalue weighted by Gasteiger charge is 2.08. The van der Waals surface area contributed by atoms with E-state index >= 15 is 0 Å². The summed E-state index contributed by atoms with van der Waals surface area (Å²) in [5.41, 5.74) is 2.13. The fraction of sp³-hybridized carbons (Fsp3) is 0.368. The van der Waals surface area contributed by atoms with Crippen LogP contribution in [0, 0.1) is 6.92 Å². The second-order valence-corrected chi connectivity index (χ2v) is 7.09. The zero-order valence-electron chi connectivity index (χ0n) is 15.7. The van der Waals surface area contributed by atoms with Crippen LogP contribution in [0.1, 0.15) is 16.0 Å². The van der Waals surface area contributed by atoms with Crippen molar-refractivity contribution < 1.29 is 9.53 Å². The molecular weight excluding hydrogens is 348 g/mol. The van der Waals surface area contributed by atoms with Crippen molar-refractivity contribution in [3.8, 4) is 5.75 Å². The van der Waals surface area contributed by atoms with Crippen LogP contribution in [-0.2, 0) is 17.9 Å². The molecule has 2 aromatic rings. The van der Waals surface area contributed by atoms with E-state index in [4.69, 9.17) is 4.74 Å². The number of rotatable bonds is 7. The number of guanidine groups is 1. The smallest absolute Gasteiger partial charge is 0.241 e. The Balaban J connectivity index is 2.07. The summed E-state index contributed by atoms with van der Waals surface area (Å²) in [6, 6.07) is 10.1. The Hall–Kier alpha value is -2.54. The van der Waals surface area contributed by atoms with Crippen LogP contribution < -0.4 is 15.4 Å². The zero-order chi connectivity index (χ0) is 18.9. The van der Waals surface area contributed by atoms with Crippen LogP contribution in [0.25, 0.3) is 0 Å². The molecule has 26 heavy (non-hydrogen) atoms. The lowest BCUT2D eigenvalue weighted by Crippen LogP contribution is -2.42. The molecule has 1 amide bonds. The monoisotopic (exact) mass is 374 g/mol. The van der Waals surface area contributed by atoms with Gasteiger partial charge in [0, 0.05) is 24.5 Å². The average molecular weight is 375 g/mol. The van der Waals surface area contributed by atoms with Gasteiger partial charge >= 0.3 is 0 Å². The molecule has 1 aromatic heterocycles. The van der Waals surface area contributed by atoms with E-state index in [2.05, 4.69) is 21.7 Å². The molecule has 0 unspecified atom stereocenters. The lowest BCUT2D eigenvalue weighted by atomic mass is 10.1. The number of methoxy groups -OCH3 is 1. The normalized spacial score (nSPS) is 11.2. The molecule has 0 bridgehead atoms. The van der Waals surface area contributed by atoms with Crippen molar-refractivity contribution in [2.24, 2.45) is 4.99 Å². The number of hydrogen-bond donors (Lipinski definition) is 2. The number of carbonyl (C=O) groups is 1. The number of thiophene rings is 1. The summed E-state index contributed by atoms with van der Waals surface area (Å²) in [7, 11) is 5.13. The van der Waals surface area contributed by atoms with E-state index in [0.29, 0.717) is 19.0 Å². The van der Waals surface area contributed by atoms with E-state index in [1.165, 1.54) is 4.88 Å². The van der Waals surface area contributed by atoms with Crippen LogP contribution in [0.2, 0.25) is 0 Å². The van der Waals surface area contributed by atoms with Gasteiger partial charge in [-0.3, -0.25) is 4.79 Å². The van der Waals surface area contributed by atoms with Gasteiger partial charge in [0.25, 0.3) is 0 Å². The second kappa shape index (κ2) is 9.82. The number of benzene rings is 1. The lowest BCUT2D eigenvalue weighted by Gasteiger charge is -2.15. The Bertz CT molecular complexity index is 742. The predicted molar refractivity (Wildman–Crippen MR) is 107 cm³/mol. The van der Waals surface area contributed by atoms with Gasteiger partial charge in [-0.2, -0.15) is 0 Å². The maximum absolute atomic E-state index is 11.9. The summed E-state index contributed by atoms with van der Waals surface area (Å²) in [5.74, 6) is 1.40. The summed E-state index contributed by atoms with van der Waals surface area (Å²) < 4.78 is 5.44. The quantitative estimate of drug-likeness (QED) is 0.577. The van der Waals surface area contributed by atoms with E-state index in [9.17, 15) is 4.79 Å². The Morgan fingerprint density at radius 2 is 2.08 bits per heavy atom. The van der Waals surface area contributed by atoms with Crippen LogP contribution >= 0.6 is 11.3 Å². The maximum Gasteiger partial charge on any atom is 0.241 e. The van der Waals surface area contributed by atoms with Gasteiger partial charge in [0.15, 0.2) is 5.96 Å². The minimum atomic E-state index is -0.0106. The Morgan fingerprint density at radius 3 is 2.73 bits per heavy atom. The van der Waals surface area contributed by atoms with Crippen LogP contribution in [0.15, 0.2) is 40.7 Å². The summed E-state index contributed by atoms with van der Waals surface area (Å²) in [4.78, 5) is 19.2. The Kier molecular flexibility index (Phi) is 7.47. The third-order valence-corrected chi connectivity index (χ3v) is 4.64. The average Bonchev–Trinajstić information content (AvgIpc) is 3.14. The van der Waals surface area contributed by atoms with Crippen LogP contribution in [-0.4, -0.2) is 44.5 Å². The van der Waals surface area contributed by atoms with E-state index in [1.807, 2.05) is 36.6 Å². The molecule has 0 atom stereocenters. The minimum Gasteiger partial charge on any atom is -0.496 e. The molecule has 0 fully saturated rings. The van der Waals surface area contributed by atoms with Gasteiger partial charge in [-0.15, -0.1) is 11.3 Å². The first-order chi connectivity index (χ1) is 12.5. The molecule has 6 nitrogen and oxygen atoms in total. The minimum absolute atomic E-state index is 0.0106. The topological polar surface area (TPSA) is 66.0 Å². The van der Waals surface area contributed by atoms with Crippen molar-refractivity contribution in [1.29, 1.82) is 0 Å².